The summed E-state index contributed by atoms with van der Waals surface area (Å²) in [6.45, 7) is 16.1. The zero-order valence-electron chi connectivity index (χ0n) is 23.4. The molecule has 36 heavy (non-hydrogen) atoms. The maximum absolute atomic E-state index is 14.1. The number of nitrogens with one attached hydrogen (secondary N) is 2. The molecule has 9 heteroatoms. The van der Waals surface area contributed by atoms with E-state index in [9.17, 15) is 19.2 Å². The quantitative estimate of drug-likeness (QED) is 0.468. The first-order valence-electron chi connectivity index (χ1n) is 12.4. The van der Waals surface area contributed by atoms with E-state index in [-0.39, 0.29) is 12.5 Å². The Morgan fingerprint density at radius 1 is 1.03 bits per heavy atom. The third kappa shape index (κ3) is 8.53. The second-order valence-corrected chi connectivity index (χ2v) is 10.4. The molecule has 0 spiro atoms. The number of methoxy groups -OCH3 is 1. The van der Waals surface area contributed by atoms with Crippen LogP contribution in [0.25, 0.3) is 0 Å². The van der Waals surface area contributed by atoms with E-state index in [0.717, 1.165) is 11.1 Å². The van der Waals surface area contributed by atoms with E-state index >= 15 is 0 Å². The van der Waals surface area contributed by atoms with Crippen LogP contribution in [0.15, 0.2) is 18.2 Å². The molecule has 0 radical (unpaired) electrons. The number of nitrogens with zero attached hydrogens (tertiary/aromatic N) is 1. The molecular formula is C27H43N3O6. The highest BCUT2D eigenvalue weighted by Gasteiger charge is 2.40. The summed E-state index contributed by atoms with van der Waals surface area (Å²) < 4.78 is 10.1. The summed E-state index contributed by atoms with van der Waals surface area (Å²) in [5.74, 6) is -1.76. The van der Waals surface area contributed by atoms with Crippen molar-refractivity contribution in [3.63, 3.8) is 0 Å². The lowest BCUT2D eigenvalue weighted by Gasteiger charge is -2.39. The highest BCUT2D eigenvalue weighted by atomic mass is 16.6. The maximum Gasteiger partial charge on any atom is 0.408 e. The van der Waals surface area contributed by atoms with E-state index < -0.39 is 47.6 Å². The monoisotopic (exact) mass is 505 g/mol. The predicted octanol–water partition coefficient (Wildman–Crippen LogP) is 3.81. The van der Waals surface area contributed by atoms with Gasteiger partial charge < -0.3 is 25.0 Å². The lowest BCUT2D eigenvalue weighted by molar-refractivity contribution is -0.147. The zero-order chi connectivity index (χ0) is 27.8. The van der Waals surface area contributed by atoms with Crippen molar-refractivity contribution >= 4 is 23.9 Å². The molecule has 3 amide bonds. The fourth-order valence-corrected chi connectivity index (χ4v) is 3.94. The number of alkyl carbamates (subject to hydrolysis) is 1. The molecule has 3 atom stereocenters. The number of hydrogen-bond acceptors (Lipinski definition) is 6. The molecule has 0 heterocycles. The normalized spacial score (nSPS) is 13.9. The number of carbonyl (C=O) groups is 4. The lowest BCUT2D eigenvalue weighted by Crippen LogP contribution is -2.57. The van der Waals surface area contributed by atoms with E-state index in [2.05, 4.69) is 15.4 Å². The second kappa shape index (κ2) is 13.3. The van der Waals surface area contributed by atoms with Gasteiger partial charge >= 0.3 is 12.1 Å². The molecule has 0 bridgehead atoms. The van der Waals surface area contributed by atoms with Crippen molar-refractivity contribution in [2.24, 2.45) is 5.92 Å². The Bertz CT molecular complexity index is 918. The average molecular weight is 506 g/mol. The minimum Gasteiger partial charge on any atom is -0.468 e. The number of amides is 3. The van der Waals surface area contributed by atoms with Gasteiger partial charge in [-0.1, -0.05) is 38.5 Å². The fraction of sp³-hybridized carbons (Fsp3) is 0.630. The van der Waals surface area contributed by atoms with Gasteiger partial charge in [0.1, 0.15) is 24.2 Å². The highest BCUT2D eigenvalue weighted by Crippen LogP contribution is 2.31. The molecule has 0 saturated carbocycles. The molecule has 0 aliphatic heterocycles. The summed E-state index contributed by atoms with van der Waals surface area (Å²) >= 11 is 0. The first-order chi connectivity index (χ1) is 16.6. The number of hydrogen-bond donors (Lipinski definition) is 2. The van der Waals surface area contributed by atoms with Gasteiger partial charge in [-0.25, -0.2) is 4.79 Å². The summed E-state index contributed by atoms with van der Waals surface area (Å²) in [7, 11) is 1.24. The number of rotatable bonds is 10. The third-order valence-electron chi connectivity index (χ3n) is 5.94. The highest BCUT2D eigenvalue weighted by molar-refractivity contribution is 5.94. The van der Waals surface area contributed by atoms with Crippen molar-refractivity contribution in [2.75, 3.05) is 13.7 Å². The van der Waals surface area contributed by atoms with Crippen molar-refractivity contribution in [2.45, 2.75) is 92.5 Å². The molecule has 2 N–H and O–H groups in total. The minimum absolute atomic E-state index is 0.233. The zero-order valence-corrected chi connectivity index (χ0v) is 23.4. The molecule has 3 unspecified atom stereocenters. The van der Waals surface area contributed by atoms with Gasteiger partial charge in [0.05, 0.1) is 7.11 Å². The van der Waals surface area contributed by atoms with Crippen LogP contribution in [0.2, 0.25) is 0 Å². The van der Waals surface area contributed by atoms with Crippen LogP contribution in [0.4, 0.5) is 4.79 Å². The molecule has 1 aromatic rings. The molecule has 0 aromatic heterocycles. The number of aryl methyl sites for hydroxylation is 2. The van der Waals surface area contributed by atoms with Gasteiger partial charge in [0.15, 0.2) is 0 Å². The van der Waals surface area contributed by atoms with Gasteiger partial charge in [0.2, 0.25) is 11.8 Å². The van der Waals surface area contributed by atoms with Gasteiger partial charge in [-0.2, -0.15) is 0 Å². The summed E-state index contributed by atoms with van der Waals surface area (Å²) in [4.78, 5) is 53.5. The van der Waals surface area contributed by atoms with Crippen molar-refractivity contribution in [3.05, 3.63) is 34.9 Å². The Morgan fingerprint density at radius 3 is 2.03 bits per heavy atom. The van der Waals surface area contributed by atoms with Gasteiger partial charge in [-0.3, -0.25) is 14.4 Å². The van der Waals surface area contributed by atoms with Crippen LogP contribution < -0.4 is 10.6 Å². The Morgan fingerprint density at radius 2 is 1.58 bits per heavy atom. The molecule has 202 valence electrons. The molecule has 1 aromatic carbocycles. The van der Waals surface area contributed by atoms with E-state index in [1.54, 1.807) is 20.8 Å². The second-order valence-electron chi connectivity index (χ2n) is 10.4. The largest absolute Gasteiger partial charge is 0.468 e. The average Bonchev–Trinajstić information content (AvgIpc) is 2.77. The van der Waals surface area contributed by atoms with Crippen LogP contribution in [0.1, 0.15) is 77.6 Å². The molecule has 0 aliphatic carbocycles. The smallest absolute Gasteiger partial charge is 0.408 e. The number of esters is 1. The van der Waals surface area contributed by atoms with Crippen LogP contribution in [-0.4, -0.2) is 60.1 Å². The third-order valence-corrected chi connectivity index (χ3v) is 5.94. The van der Waals surface area contributed by atoms with Crippen molar-refractivity contribution in [3.8, 4) is 0 Å². The molecule has 0 fully saturated rings. The number of ether oxygens (including phenoxy) is 2. The van der Waals surface area contributed by atoms with Gasteiger partial charge in [-0.05, 0) is 71.1 Å². The standard InChI is InChI=1S/C27H43N3O6/c1-11-17(4)22(29-26(34)36-27(7,8)9)25(33)30(16(2)3)23(24(32)28-15-20(31)35-10)21-18(5)13-12-14-19(21)6/h12-14,16-17,22-23H,11,15H2,1-10H3,(H,28,32)(H,29,34). The van der Waals surface area contributed by atoms with Crippen molar-refractivity contribution in [1.29, 1.82) is 0 Å². The Kier molecular flexibility index (Phi) is 11.4. The Balaban J connectivity index is 3.58. The number of carbonyl (C=O) groups excluding carboxylic acids is 4. The van der Waals surface area contributed by atoms with E-state index in [1.165, 1.54) is 12.0 Å². The van der Waals surface area contributed by atoms with E-state index in [0.29, 0.717) is 12.0 Å². The Labute approximate surface area is 215 Å². The molecule has 1 rings (SSSR count). The molecule has 9 nitrogen and oxygen atoms in total. The summed E-state index contributed by atoms with van der Waals surface area (Å²) in [6, 6.07) is 3.26. The van der Waals surface area contributed by atoms with Crippen LogP contribution in [0.3, 0.4) is 0 Å². The number of benzene rings is 1. The maximum atomic E-state index is 14.1. The molecule has 0 saturated heterocycles. The molecular weight excluding hydrogens is 462 g/mol. The minimum atomic E-state index is -1.03. The van der Waals surface area contributed by atoms with Crippen molar-refractivity contribution < 1.29 is 28.7 Å². The van der Waals surface area contributed by atoms with Crippen molar-refractivity contribution in [1.82, 2.24) is 15.5 Å². The summed E-state index contributed by atoms with van der Waals surface area (Å²) in [5, 5.41) is 5.35. The van der Waals surface area contributed by atoms with Crippen LogP contribution in [0.5, 0.6) is 0 Å². The van der Waals surface area contributed by atoms with Gasteiger partial charge in [0.25, 0.3) is 0 Å². The van der Waals surface area contributed by atoms with Gasteiger partial charge in [-0.15, -0.1) is 0 Å². The SMILES string of the molecule is CCC(C)C(NC(=O)OC(C)(C)C)C(=O)N(C(C)C)C(C(=O)NCC(=O)OC)c1c(C)cccc1C. The van der Waals surface area contributed by atoms with Crippen LogP contribution in [0, 0.1) is 19.8 Å². The van der Waals surface area contributed by atoms with E-state index in [4.69, 9.17) is 4.74 Å². The molecule has 0 aliphatic rings. The topological polar surface area (TPSA) is 114 Å². The predicted molar refractivity (Wildman–Crippen MR) is 138 cm³/mol. The lowest BCUT2D eigenvalue weighted by atomic mass is 9.91. The summed E-state index contributed by atoms with van der Waals surface area (Å²) in [6.07, 6.45) is -0.0931. The Hall–Kier alpha value is -3.10. The fourth-order valence-electron chi connectivity index (χ4n) is 3.94. The van der Waals surface area contributed by atoms with E-state index in [1.807, 2.05) is 59.7 Å². The first-order valence-corrected chi connectivity index (χ1v) is 12.4. The van der Waals surface area contributed by atoms with Crippen LogP contribution >= 0.6 is 0 Å². The van der Waals surface area contributed by atoms with Gasteiger partial charge in [0, 0.05) is 6.04 Å². The van der Waals surface area contributed by atoms with Crippen LogP contribution in [-0.2, 0) is 23.9 Å². The summed E-state index contributed by atoms with van der Waals surface area (Å²) in [5.41, 5.74) is 1.58. The first kappa shape index (κ1) is 30.9.